The molecular formula is C11H15N3OS. The van der Waals surface area contributed by atoms with Crippen molar-refractivity contribution < 1.29 is 4.42 Å². The maximum absolute atomic E-state index is 5.58. The summed E-state index contributed by atoms with van der Waals surface area (Å²) in [5.74, 6) is 0. The molecule has 0 aliphatic carbocycles. The largest absolute Gasteiger partial charge is 0.472 e. The van der Waals surface area contributed by atoms with Crippen LogP contribution in [0.25, 0.3) is 0 Å². The van der Waals surface area contributed by atoms with Gasteiger partial charge in [-0.05, 0) is 13.1 Å². The lowest BCUT2D eigenvalue weighted by molar-refractivity contribution is 0.329. The van der Waals surface area contributed by atoms with Gasteiger partial charge in [-0.25, -0.2) is 4.98 Å². The Bertz CT molecular complexity index is 424. The molecule has 0 atom stereocenters. The summed E-state index contributed by atoms with van der Waals surface area (Å²) in [6.07, 6.45) is 4.41. The summed E-state index contributed by atoms with van der Waals surface area (Å²) in [5.41, 5.74) is 7.84. The molecule has 2 rings (SSSR count). The number of likely N-dealkylation sites (N-methyl/N-ethyl adjacent to an activating group) is 1. The van der Waals surface area contributed by atoms with Crippen molar-refractivity contribution in [1.29, 1.82) is 0 Å². The van der Waals surface area contributed by atoms with Gasteiger partial charge in [-0.15, -0.1) is 11.3 Å². The number of hydrogen-bond donors (Lipinski definition) is 1. The van der Waals surface area contributed by atoms with Crippen LogP contribution in [0.5, 0.6) is 0 Å². The summed E-state index contributed by atoms with van der Waals surface area (Å²) in [4.78, 5) is 6.47. The van der Waals surface area contributed by atoms with Gasteiger partial charge >= 0.3 is 0 Å². The number of thiazole rings is 1. The van der Waals surface area contributed by atoms with Gasteiger partial charge in [0.2, 0.25) is 0 Å². The topological polar surface area (TPSA) is 55.3 Å². The summed E-state index contributed by atoms with van der Waals surface area (Å²) in [5, 5.41) is 2.66. The minimum atomic E-state index is 0.646. The highest BCUT2D eigenvalue weighted by atomic mass is 32.1. The summed E-state index contributed by atoms with van der Waals surface area (Å²) in [6.45, 7) is 1.87. The zero-order chi connectivity index (χ0) is 11.4. The van der Waals surface area contributed by atoms with Gasteiger partial charge in [0.05, 0.1) is 18.2 Å². The molecule has 0 amide bonds. The highest BCUT2D eigenvalue weighted by Crippen LogP contribution is 2.12. The average Bonchev–Trinajstić information content (AvgIpc) is 2.87. The fraction of sp³-hybridized carbons (Fsp3) is 0.364. The molecule has 2 N–H and O–H groups in total. The third kappa shape index (κ3) is 3.08. The molecule has 0 aliphatic rings. The number of hydrogen-bond acceptors (Lipinski definition) is 5. The van der Waals surface area contributed by atoms with E-state index in [-0.39, 0.29) is 0 Å². The van der Waals surface area contributed by atoms with E-state index in [0.29, 0.717) is 5.13 Å². The van der Waals surface area contributed by atoms with Crippen LogP contribution in [0.3, 0.4) is 0 Å². The van der Waals surface area contributed by atoms with Gasteiger partial charge in [0.15, 0.2) is 5.13 Å². The Kier molecular flexibility index (Phi) is 3.58. The Morgan fingerprint density at radius 2 is 2.44 bits per heavy atom. The van der Waals surface area contributed by atoms with Crippen LogP contribution >= 0.6 is 11.3 Å². The number of furan rings is 1. The molecule has 0 fully saturated rings. The number of nitrogens with zero attached hydrogens (tertiary/aromatic N) is 2. The molecule has 0 aliphatic heterocycles. The maximum Gasteiger partial charge on any atom is 0.180 e. The summed E-state index contributed by atoms with van der Waals surface area (Å²) < 4.78 is 5.03. The quantitative estimate of drug-likeness (QED) is 0.864. The monoisotopic (exact) mass is 237 g/mol. The predicted octanol–water partition coefficient (Wildman–Crippen LogP) is 1.99. The highest BCUT2D eigenvalue weighted by Gasteiger charge is 2.04. The van der Waals surface area contributed by atoms with E-state index in [1.165, 1.54) is 16.9 Å². The fourth-order valence-corrected chi connectivity index (χ4v) is 2.11. The van der Waals surface area contributed by atoms with Crippen LogP contribution in [0.15, 0.2) is 28.4 Å². The van der Waals surface area contributed by atoms with Gasteiger partial charge < -0.3 is 15.1 Å². The Morgan fingerprint density at radius 1 is 1.56 bits per heavy atom. The number of rotatable bonds is 5. The lowest BCUT2D eigenvalue weighted by Crippen LogP contribution is -2.20. The first kappa shape index (κ1) is 11.2. The molecular weight excluding hydrogens is 222 g/mol. The minimum absolute atomic E-state index is 0.646. The number of nitrogens with two attached hydrogens (primary N) is 1. The first-order chi connectivity index (χ1) is 7.74. The number of aromatic nitrogens is 1. The fourth-order valence-electron chi connectivity index (χ4n) is 1.52. The van der Waals surface area contributed by atoms with Gasteiger partial charge in [0.1, 0.15) is 0 Å². The molecule has 0 spiro atoms. The summed E-state index contributed by atoms with van der Waals surface area (Å²) >= 11 is 1.49. The van der Waals surface area contributed by atoms with E-state index in [4.69, 9.17) is 10.2 Å². The Balaban J connectivity index is 1.77. The number of anilines is 1. The molecule has 16 heavy (non-hydrogen) atoms. The molecule has 0 unspecified atom stereocenters. The van der Waals surface area contributed by atoms with E-state index in [2.05, 4.69) is 16.9 Å². The molecule has 4 nitrogen and oxygen atoms in total. The second-order valence-corrected chi connectivity index (χ2v) is 4.69. The lowest BCUT2D eigenvalue weighted by Gasteiger charge is -2.14. The Hall–Kier alpha value is -1.33. The van der Waals surface area contributed by atoms with Crippen molar-refractivity contribution in [1.82, 2.24) is 9.88 Å². The van der Waals surface area contributed by atoms with Gasteiger partial charge in [-0.1, -0.05) is 0 Å². The number of nitrogen functional groups attached to an aromatic ring is 1. The van der Waals surface area contributed by atoms with Crippen LogP contribution in [-0.4, -0.2) is 23.5 Å². The maximum atomic E-state index is 5.58. The van der Waals surface area contributed by atoms with Gasteiger partial charge in [0.25, 0.3) is 0 Å². The molecule has 0 bridgehead atoms. The van der Waals surface area contributed by atoms with Crippen molar-refractivity contribution >= 4 is 16.5 Å². The SMILES string of the molecule is CN(CCc1csc(N)n1)Cc1ccoc1. The summed E-state index contributed by atoms with van der Waals surface area (Å²) in [6, 6.07) is 1.98. The van der Waals surface area contributed by atoms with Crippen LogP contribution in [0.1, 0.15) is 11.3 Å². The average molecular weight is 237 g/mol. The molecule has 0 saturated carbocycles. The van der Waals surface area contributed by atoms with Crippen molar-refractivity contribution in [2.45, 2.75) is 13.0 Å². The van der Waals surface area contributed by atoms with E-state index in [0.717, 1.165) is 25.2 Å². The summed E-state index contributed by atoms with van der Waals surface area (Å²) in [7, 11) is 2.09. The molecule has 5 heteroatoms. The first-order valence-electron chi connectivity index (χ1n) is 5.13. The first-order valence-corrected chi connectivity index (χ1v) is 6.01. The van der Waals surface area contributed by atoms with Gasteiger partial charge in [0, 0.05) is 30.5 Å². The zero-order valence-electron chi connectivity index (χ0n) is 9.22. The van der Waals surface area contributed by atoms with Crippen molar-refractivity contribution in [3.05, 3.63) is 35.2 Å². The van der Waals surface area contributed by atoms with Crippen molar-refractivity contribution in [2.24, 2.45) is 0 Å². The minimum Gasteiger partial charge on any atom is -0.472 e. The third-order valence-electron chi connectivity index (χ3n) is 2.35. The van der Waals surface area contributed by atoms with Crippen LogP contribution < -0.4 is 5.73 Å². The lowest BCUT2D eigenvalue weighted by atomic mass is 10.3. The van der Waals surface area contributed by atoms with E-state index < -0.39 is 0 Å². The molecule has 2 heterocycles. The molecule has 0 aromatic carbocycles. The second-order valence-electron chi connectivity index (χ2n) is 3.80. The highest BCUT2D eigenvalue weighted by molar-refractivity contribution is 7.13. The van der Waals surface area contributed by atoms with E-state index >= 15 is 0 Å². The van der Waals surface area contributed by atoms with Crippen LogP contribution in [0.2, 0.25) is 0 Å². The van der Waals surface area contributed by atoms with E-state index in [1.54, 1.807) is 12.5 Å². The molecule has 2 aromatic rings. The van der Waals surface area contributed by atoms with E-state index in [1.807, 2.05) is 11.4 Å². The Morgan fingerprint density at radius 3 is 3.06 bits per heavy atom. The van der Waals surface area contributed by atoms with Gasteiger partial charge in [-0.2, -0.15) is 0 Å². The normalized spacial score (nSPS) is 11.1. The molecule has 0 radical (unpaired) electrons. The smallest absolute Gasteiger partial charge is 0.180 e. The third-order valence-corrected chi connectivity index (χ3v) is 3.07. The van der Waals surface area contributed by atoms with Crippen LogP contribution in [-0.2, 0) is 13.0 Å². The van der Waals surface area contributed by atoms with Crippen molar-refractivity contribution in [3.63, 3.8) is 0 Å². The Labute approximate surface area is 98.7 Å². The standard InChI is InChI=1S/C11H15N3OS/c1-14(6-9-3-5-15-7-9)4-2-10-8-16-11(12)13-10/h3,5,7-8H,2,4,6H2,1H3,(H2,12,13). The van der Waals surface area contributed by atoms with Crippen molar-refractivity contribution in [2.75, 3.05) is 19.3 Å². The molecule has 2 aromatic heterocycles. The second kappa shape index (κ2) is 5.14. The predicted molar refractivity (Wildman–Crippen MR) is 65.3 cm³/mol. The molecule has 86 valence electrons. The van der Waals surface area contributed by atoms with Crippen LogP contribution in [0, 0.1) is 0 Å². The van der Waals surface area contributed by atoms with Crippen LogP contribution in [0.4, 0.5) is 5.13 Å². The zero-order valence-corrected chi connectivity index (χ0v) is 10.0. The molecule has 0 saturated heterocycles. The van der Waals surface area contributed by atoms with E-state index in [9.17, 15) is 0 Å². The van der Waals surface area contributed by atoms with Gasteiger partial charge in [-0.3, -0.25) is 0 Å². The van der Waals surface area contributed by atoms with Crippen molar-refractivity contribution in [3.8, 4) is 0 Å².